The van der Waals surface area contributed by atoms with Gasteiger partial charge in [-0.1, -0.05) is 18.2 Å². The first-order valence-electron chi connectivity index (χ1n) is 9.24. The van der Waals surface area contributed by atoms with Gasteiger partial charge in [0.2, 0.25) is 0 Å². The molecule has 1 fully saturated rings. The van der Waals surface area contributed by atoms with Gasteiger partial charge in [0.25, 0.3) is 11.7 Å². The van der Waals surface area contributed by atoms with Crippen LogP contribution >= 0.6 is 0 Å². The number of aliphatic hydroxyl groups excluding tert-OH is 1. The van der Waals surface area contributed by atoms with Gasteiger partial charge in [-0.15, -0.1) is 0 Å². The molecule has 0 spiro atoms. The molecule has 2 aromatic carbocycles. The van der Waals surface area contributed by atoms with Crippen molar-refractivity contribution in [2.45, 2.75) is 13.0 Å². The first kappa shape index (κ1) is 18.6. The summed E-state index contributed by atoms with van der Waals surface area (Å²) in [6.45, 7) is 2.40. The fourth-order valence-corrected chi connectivity index (χ4v) is 3.43. The molecular weight excluding hydrogens is 370 g/mol. The molecule has 0 radical (unpaired) electrons. The number of rotatable bonds is 5. The molecule has 1 amide bonds. The Morgan fingerprint density at radius 2 is 1.76 bits per heavy atom. The van der Waals surface area contributed by atoms with Crippen LogP contribution in [0.25, 0.3) is 5.76 Å². The van der Waals surface area contributed by atoms with Crippen LogP contribution in [0, 0.1) is 0 Å². The second-order valence-corrected chi connectivity index (χ2v) is 6.48. The van der Waals surface area contributed by atoms with Gasteiger partial charge in [0.15, 0.2) is 0 Å². The van der Waals surface area contributed by atoms with Crippen molar-refractivity contribution < 1.29 is 23.8 Å². The van der Waals surface area contributed by atoms with E-state index in [-0.39, 0.29) is 11.3 Å². The molecule has 1 N–H and O–H groups in total. The Morgan fingerprint density at radius 1 is 1.03 bits per heavy atom. The lowest BCUT2D eigenvalue weighted by Gasteiger charge is -2.23. The monoisotopic (exact) mass is 389 g/mol. The molecule has 1 unspecified atom stereocenters. The third-order valence-electron chi connectivity index (χ3n) is 4.73. The number of aliphatic hydroxyl groups is 1. The Morgan fingerprint density at radius 3 is 2.38 bits per heavy atom. The largest absolute Gasteiger partial charge is 0.507 e. The van der Waals surface area contributed by atoms with Gasteiger partial charge in [-0.05, 0) is 55.5 Å². The summed E-state index contributed by atoms with van der Waals surface area (Å²) in [5.41, 5.74) is 0.941. The molecule has 1 aliphatic rings. The molecule has 3 aromatic rings. The van der Waals surface area contributed by atoms with Crippen LogP contribution in [0.2, 0.25) is 0 Å². The number of ether oxygens (including phenoxy) is 1. The van der Waals surface area contributed by atoms with Crippen molar-refractivity contribution in [2.75, 3.05) is 11.5 Å². The number of furan rings is 1. The van der Waals surface area contributed by atoms with Crippen LogP contribution in [0.3, 0.4) is 0 Å². The normalized spacial score (nSPS) is 18.2. The Kier molecular flexibility index (Phi) is 4.91. The van der Waals surface area contributed by atoms with Crippen molar-refractivity contribution in [3.8, 4) is 5.75 Å². The maximum atomic E-state index is 12.9. The molecule has 0 aliphatic carbocycles. The van der Waals surface area contributed by atoms with Crippen molar-refractivity contribution in [1.82, 2.24) is 0 Å². The summed E-state index contributed by atoms with van der Waals surface area (Å²) < 4.78 is 10.9. The first-order valence-corrected chi connectivity index (χ1v) is 9.24. The van der Waals surface area contributed by atoms with E-state index in [1.807, 2.05) is 13.0 Å². The summed E-state index contributed by atoms with van der Waals surface area (Å²) in [4.78, 5) is 27.1. The average molecular weight is 389 g/mol. The minimum absolute atomic E-state index is 0.0158. The third-order valence-corrected chi connectivity index (χ3v) is 4.73. The smallest absolute Gasteiger partial charge is 0.300 e. The molecular formula is C23H19NO5. The number of nitrogens with zero attached hydrogens (tertiary/aromatic N) is 1. The highest BCUT2D eigenvalue weighted by molar-refractivity contribution is 6.51. The Bertz CT molecular complexity index is 1050. The van der Waals surface area contributed by atoms with E-state index in [1.54, 1.807) is 60.7 Å². The molecule has 0 bridgehead atoms. The molecule has 1 aromatic heterocycles. The van der Waals surface area contributed by atoms with Gasteiger partial charge >= 0.3 is 0 Å². The van der Waals surface area contributed by atoms with E-state index in [0.717, 1.165) is 0 Å². The van der Waals surface area contributed by atoms with Crippen molar-refractivity contribution in [3.05, 3.63) is 89.9 Å². The van der Waals surface area contributed by atoms with E-state index in [9.17, 15) is 14.7 Å². The van der Waals surface area contributed by atoms with Crippen LogP contribution in [0.4, 0.5) is 5.69 Å². The lowest BCUT2D eigenvalue weighted by Crippen LogP contribution is -2.29. The highest BCUT2D eigenvalue weighted by atomic mass is 16.5. The topological polar surface area (TPSA) is 80.0 Å². The molecule has 6 heteroatoms. The van der Waals surface area contributed by atoms with Gasteiger partial charge in [-0.25, -0.2) is 0 Å². The zero-order chi connectivity index (χ0) is 20.4. The second kappa shape index (κ2) is 7.67. The van der Waals surface area contributed by atoms with Crippen molar-refractivity contribution in [1.29, 1.82) is 0 Å². The zero-order valence-corrected chi connectivity index (χ0v) is 15.7. The number of anilines is 1. The summed E-state index contributed by atoms with van der Waals surface area (Å²) in [6.07, 6.45) is 1.47. The van der Waals surface area contributed by atoms with Gasteiger partial charge < -0.3 is 14.3 Å². The molecule has 2 heterocycles. The maximum Gasteiger partial charge on any atom is 0.300 e. The standard InChI is InChI=1S/C23H19NO5/c1-2-28-17-12-10-15(11-13-17)21(25)19-20(18-9-6-14-29-18)24(23(27)22(19)26)16-7-4-3-5-8-16/h3-14,20,25H,2H2,1H3/b21-19-. The predicted octanol–water partition coefficient (Wildman–Crippen LogP) is 4.30. The third kappa shape index (κ3) is 3.29. The molecule has 6 nitrogen and oxygen atoms in total. The fraction of sp³-hybridized carbons (Fsp3) is 0.130. The van der Waals surface area contributed by atoms with Gasteiger partial charge in [0.1, 0.15) is 23.3 Å². The average Bonchev–Trinajstić information content (AvgIpc) is 3.36. The number of carbonyl (C=O) groups is 2. The zero-order valence-electron chi connectivity index (χ0n) is 15.7. The van der Waals surface area contributed by atoms with E-state index >= 15 is 0 Å². The number of para-hydroxylation sites is 1. The molecule has 0 saturated carbocycles. The molecule has 146 valence electrons. The van der Waals surface area contributed by atoms with E-state index < -0.39 is 17.7 Å². The second-order valence-electron chi connectivity index (χ2n) is 6.48. The number of Topliss-reactive ketones (excluding diaryl/α,β-unsaturated/α-hetero) is 1. The summed E-state index contributed by atoms with van der Waals surface area (Å²) in [7, 11) is 0. The van der Waals surface area contributed by atoms with Crippen LogP contribution in [-0.2, 0) is 9.59 Å². The highest BCUT2D eigenvalue weighted by Gasteiger charge is 2.48. The quantitative estimate of drug-likeness (QED) is 0.400. The minimum atomic E-state index is -0.862. The van der Waals surface area contributed by atoms with E-state index in [0.29, 0.717) is 29.4 Å². The maximum absolute atomic E-state index is 12.9. The van der Waals surface area contributed by atoms with Gasteiger partial charge in [-0.3, -0.25) is 14.5 Å². The number of benzene rings is 2. The van der Waals surface area contributed by atoms with E-state index in [4.69, 9.17) is 9.15 Å². The lowest BCUT2D eigenvalue weighted by atomic mass is 9.99. The Labute approximate surface area is 167 Å². The van der Waals surface area contributed by atoms with Crippen molar-refractivity contribution in [3.63, 3.8) is 0 Å². The van der Waals surface area contributed by atoms with Crippen molar-refractivity contribution >= 4 is 23.1 Å². The van der Waals surface area contributed by atoms with Gasteiger partial charge in [0.05, 0.1) is 18.4 Å². The number of ketones is 1. The highest BCUT2D eigenvalue weighted by Crippen LogP contribution is 2.42. The van der Waals surface area contributed by atoms with Crippen LogP contribution in [0.5, 0.6) is 5.75 Å². The predicted molar refractivity (Wildman–Crippen MR) is 108 cm³/mol. The van der Waals surface area contributed by atoms with E-state index in [1.165, 1.54) is 11.2 Å². The summed E-state index contributed by atoms with van der Waals surface area (Å²) >= 11 is 0. The summed E-state index contributed by atoms with van der Waals surface area (Å²) in [6, 6.07) is 18.0. The first-order chi connectivity index (χ1) is 14.1. The fourth-order valence-electron chi connectivity index (χ4n) is 3.43. The SMILES string of the molecule is CCOc1ccc(/C(O)=C2/C(=O)C(=O)N(c3ccccc3)C2c2ccco2)cc1. The molecule has 4 rings (SSSR count). The number of amides is 1. The van der Waals surface area contributed by atoms with E-state index in [2.05, 4.69) is 0 Å². The van der Waals surface area contributed by atoms with Crippen molar-refractivity contribution in [2.24, 2.45) is 0 Å². The van der Waals surface area contributed by atoms with Crippen LogP contribution in [0.1, 0.15) is 24.3 Å². The van der Waals surface area contributed by atoms with Gasteiger partial charge in [-0.2, -0.15) is 0 Å². The molecule has 29 heavy (non-hydrogen) atoms. The Balaban J connectivity index is 1.85. The number of carbonyl (C=O) groups excluding carboxylic acids is 2. The Hall–Kier alpha value is -3.80. The molecule has 1 saturated heterocycles. The van der Waals surface area contributed by atoms with Gasteiger partial charge in [0, 0.05) is 11.3 Å². The van der Waals surface area contributed by atoms with Crippen LogP contribution in [-0.4, -0.2) is 23.4 Å². The summed E-state index contributed by atoms with van der Waals surface area (Å²) in [5.74, 6) is -0.699. The summed E-state index contributed by atoms with van der Waals surface area (Å²) in [5, 5.41) is 11.0. The van der Waals surface area contributed by atoms with Crippen LogP contribution < -0.4 is 9.64 Å². The number of hydrogen-bond acceptors (Lipinski definition) is 5. The lowest BCUT2D eigenvalue weighted by molar-refractivity contribution is -0.132. The number of hydrogen-bond donors (Lipinski definition) is 1. The molecule has 1 aliphatic heterocycles. The minimum Gasteiger partial charge on any atom is -0.507 e. The molecule has 1 atom stereocenters. The van der Waals surface area contributed by atoms with Crippen LogP contribution in [0.15, 0.2) is 83.0 Å².